The third-order valence-corrected chi connectivity index (χ3v) is 3.66. The zero-order chi connectivity index (χ0) is 17.3. The predicted octanol–water partition coefficient (Wildman–Crippen LogP) is 1.74. The molecule has 1 aromatic carbocycles. The zero-order valence-corrected chi connectivity index (χ0v) is 13.4. The lowest BCUT2D eigenvalue weighted by molar-refractivity contribution is 0.564. The fourth-order valence-electron chi connectivity index (χ4n) is 2.50. The summed E-state index contributed by atoms with van der Waals surface area (Å²) in [5, 5.41) is 9.10. The Morgan fingerprint density at radius 3 is 2.92 bits per heavy atom. The first-order valence-corrected chi connectivity index (χ1v) is 7.36. The van der Waals surface area contributed by atoms with Crippen LogP contribution in [0.25, 0.3) is 16.6 Å². The molecule has 0 radical (unpaired) electrons. The van der Waals surface area contributed by atoms with Gasteiger partial charge in [0.05, 0.1) is 11.4 Å². The van der Waals surface area contributed by atoms with Crippen LogP contribution in [0.3, 0.4) is 0 Å². The fourth-order valence-corrected chi connectivity index (χ4v) is 2.50. The number of benzene rings is 1. The average molecular weight is 322 g/mol. The molecular weight excluding hydrogens is 304 g/mol. The Morgan fingerprint density at radius 2 is 2.17 bits per heavy atom. The van der Waals surface area contributed by atoms with Gasteiger partial charge < -0.3 is 15.6 Å². The molecule has 0 amide bonds. The van der Waals surface area contributed by atoms with Crippen molar-refractivity contribution in [3.05, 3.63) is 65.0 Å². The number of anilines is 1. The lowest BCUT2D eigenvalue weighted by Gasteiger charge is -2.14. The van der Waals surface area contributed by atoms with Crippen molar-refractivity contribution in [2.45, 2.75) is 0 Å². The number of nitrogens with one attached hydrogen (secondary N) is 2. The Kier molecular flexibility index (Phi) is 3.91. The summed E-state index contributed by atoms with van der Waals surface area (Å²) in [5.74, 6) is 0.192. The molecule has 0 aliphatic rings. The average Bonchev–Trinajstić information content (AvgIpc) is 3.02. The summed E-state index contributed by atoms with van der Waals surface area (Å²) in [6, 6.07) is 7.66. The van der Waals surface area contributed by atoms with Crippen LogP contribution in [0, 0.1) is 5.41 Å². The van der Waals surface area contributed by atoms with E-state index >= 15 is 0 Å². The van der Waals surface area contributed by atoms with Crippen molar-refractivity contribution in [2.75, 3.05) is 19.8 Å². The minimum atomic E-state index is -0.515. The number of allylic oxidation sites excluding steroid dienone is 1. The monoisotopic (exact) mass is 322 g/mol. The van der Waals surface area contributed by atoms with Gasteiger partial charge in [-0.25, -0.2) is 0 Å². The maximum absolute atomic E-state index is 12.1. The van der Waals surface area contributed by atoms with Gasteiger partial charge in [0, 0.05) is 37.4 Å². The molecule has 0 spiro atoms. The quantitative estimate of drug-likeness (QED) is 0.636. The molecule has 0 unspecified atom stereocenters. The van der Waals surface area contributed by atoms with Crippen molar-refractivity contribution in [1.82, 2.24) is 19.4 Å². The predicted molar refractivity (Wildman–Crippen MR) is 95.8 cm³/mol. The SMILES string of the molecule is CN(C)C=CC(=N)c1c(N)n(-c2cccc3[nH]ccc23)cnc1=O. The largest absolute Gasteiger partial charge is 0.384 e. The van der Waals surface area contributed by atoms with Gasteiger partial charge in [-0.3, -0.25) is 14.8 Å². The van der Waals surface area contributed by atoms with Gasteiger partial charge in [-0.2, -0.15) is 4.98 Å². The van der Waals surface area contributed by atoms with Gasteiger partial charge in [0.15, 0.2) is 0 Å². The van der Waals surface area contributed by atoms with Gasteiger partial charge in [-0.05, 0) is 24.3 Å². The smallest absolute Gasteiger partial charge is 0.284 e. The number of rotatable bonds is 4. The van der Waals surface area contributed by atoms with Crippen LogP contribution in [-0.4, -0.2) is 39.2 Å². The summed E-state index contributed by atoms with van der Waals surface area (Å²) < 4.78 is 1.63. The Bertz CT molecular complexity index is 996. The molecule has 122 valence electrons. The van der Waals surface area contributed by atoms with Gasteiger partial charge >= 0.3 is 0 Å². The topological polar surface area (TPSA) is 104 Å². The standard InChI is InChI=1S/C17H18N6O/c1-22(2)9-7-12(18)15-16(19)23(10-21-17(15)24)14-5-3-4-13-11(14)6-8-20-13/h3-10,18,20H,19H2,1-2H3. The Hall–Kier alpha value is -3.35. The van der Waals surface area contributed by atoms with Crippen molar-refractivity contribution in [2.24, 2.45) is 0 Å². The van der Waals surface area contributed by atoms with E-state index in [0.29, 0.717) is 0 Å². The second-order valence-electron chi connectivity index (χ2n) is 5.59. The summed E-state index contributed by atoms with van der Waals surface area (Å²) in [5.41, 5.74) is 7.55. The molecule has 0 aliphatic heterocycles. The summed E-state index contributed by atoms with van der Waals surface area (Å²) >= 11 is 0. The van der Waals surface area contributed by atoms with Crippen molar-refractivity contribution in [1.29, 1.82) is 5.41 Å². The van der Waals surface area contributed by atoms with E-state index in [0.717, 1.165) is 16.6 Å². The van der Waals surface area contributed by atoms with Crippen LogP contribution >= 0.6 is 0 Å². The van der Waals surface area contributed by atoms with Crippen LogP contribution < -0.4 is 11.3 Å². The number of fused-ring (bicyclic) bond motifs is 1. The van der Waals surface area contributed by atoms with Gasteiger partial charge in [0.2, 0.25) is 0 Å². The second kappa shape index (κ2) is 6.04. The maximum atomic E-state index is 12.1. The molecule has 0 saturated carbocycles. The summed E-state index contributed by atoms with van der Waals surface area (Å²) in [6.07, 6.45) is 6.44. The van der Waals surface area contributed by atoms with Crippen LogP contribution in [0.15, 0.2) is 53.9 Å². The number of hydrogen-bond donors (Lipinski definition) is 3. The Balaban J connectivity index is 2.18. The first kappa shape index (κ1) is 15.5. The minimum absolute atomic E-state index is 0.0225. The first-order valence-electron chi connectivity index (χ1n) is 7.36. The molecule has 2 heterocycles. The fraction of sp³-hybridized carbons (Fsp3) is 0.118. The first-order chi connectivity index (χ1) is 11.5. The number of hydrogen-bond acceptors (Lipinski definition) is 5. The van der Waals surface area contributed by atoms with Gasteiger partial charge in [0.1, 0.15) is 17.7 Å². The van der Waals surface area contributed by atoms with Crippen LogP contribution in [0.5, 0.6) is 0 Å². The summed E-state index contributed by atoms with van der Waals surface area (Å²) in [4.78, 5) is 20.9. The van der Waals surface area contributed by atoms with E-state index in [1.807, 2.05) is 44.6 Å². The van der Waals surface area contributed by atoms with E-state index in [-0.39, 0.29) is 17.1 Å². The normalized spacial score (nSPS) is 11.2. The van der Waals surface area contributed by atoms with Crippen molar-refractivity contribution in [3.8, 4) is 5.69 Å². The maximum Gasteiger partial charge on any atom is 0.284 e. The highest BCUT2D eigenvalue weighted by atomic mass is 16.1. The highest BCUT2D eigenvalue weighted by Gasteiger charge is 2.15. The minimum Gasteiger partial charge on any atom is -0.384 e. The van der Waals surface area contributed by atoms with E-state index in [4.69, 9.17) is 11.1 Å². The van der Waals surface area contributed by atoms with Gasteiger partial charge in [-0.15, -0.1) is 0 Å². The summed E-state index contributed by atoms with van der Waals surface area (Å²) in [7, 11) is 3.67. The number of nitrogen functional groups attached to an aromatic ring is 1. The highest BCUT2D eigenvalue weighted by Crippen LogP contribution is 2.23. The molecule has 0 aliphatic carbocycles. The van der Waals surface area contributed by atoms with E-state index in [9.17, 15) is 4.79 Å². The number of nitrogens with zero attached hydrogens (tertiary/aromatic N) is 3. The van der Waals surface area contributed by atoms with E-state index in [1.54, 1.807) is 15.7 Å². The number of aromatic nitrogens is 3. The lowest BCUT2D eigenvalue weighted by Crippen LogP contribution is -2.23. The Morgan fingerprint density at radius 1 is 1.38 bits per heavy atom. The molecule has 3 rings (SSSR count). The Labute approximate surface area is 138 Å². The van der Waals surface area contributed by atoms with E-state index in [2.05, 4.69) is 9.97 Å². The van der Waals surface area contributed by atoms with Gasteiger partial charge in [0.25, 0.3) is 5.56 Å². The van der Waals surface area contributed by atoms with Crippen LogP contribution in [0.4, 0.5) is 5.82 Å². The molecule has 24 heavy (non-hydrogen) atoms. The number of nitrogens with two attached hydrogens (primary N) is 1. The van der Waals surface area contributed by atoms with Crippen molar-refractivity contribution >= 4 is 22.4 Å². The van der Waals surface area contributed by atoms with Crippen LogP contribution in [0.2, 0.25) is 0 Å². The third-order valence-electron chi connectivity index (χ3n) is 3.66. The third kappa shape index (κ3) is 2.67. The van der Waals surface area contributed by atoms with Crippen LogP contribution in [-0.2, 0) is 0 Å². The molecule has 4 N–H and O–H groups in total. The lowest BCUT2D eigenvalue weighted by atomic mass is 10.1. The summed E-state index contributed by atoms with van der Waals surface area (Å²) in [6.45, 7) is 0. The number of aromatic amines is 1. The molecule has 2 aromatic heterocycles. The highest BCUT2D eigenvalue weighted by molar-refractivity contribution is 6.09. The van der Waals surface area contributed by atoms with E-state index < -0.39 is 5.56 Å². The molecule has 7 nitrogen and oxygen atoms in total. The van der Waals surface area contributed by atoms with Gasteiger partial charge in [-0.1, -0.05) is 6.07 Å². The zero-order valence-electron chi connectivity index (χ0n) is 13.4. The molecule has 3 aromatic rings. The molecule has 0 saturated heterocycles. The molecule has 0 fully saturated rings. The molecular formula is C17H18N6O. The molecule has 0 bridgehead atoms. The van der Waals surface area contributed by atoms with Crippen LogP contribution in [0.1, 0.15) is 5.56 Å². The second-order valence-corrected chi connectivity index (χ2v) is 5.59. The number of H-pyrrole nitrogens is 1. The van der Waals surface area contributed by atoms with Crippen molar-refractivity contribution in [3.63, 3.8) is 0 Å². The molecule has 0 atom stereocenters. The molecule has 7 heteroatoms. The van der Waals surface area contributed by atoms with E-state index in [1.165, 1.54) is 12.4 Å². The van der Waals surface area contributed by atoms with Crippen molar-refractivity contribution < 1.29 is 0 Å².